The van der Waals surface area contributed by atoms with Crippen LogP contribution in [0, 0.1) is 16.0 Å². The molecule has 1 aliphatic rings. The maximum absolute atomic E-state index is 11.5. The molecule has 7 nitrogen and oxygen atoms in total. The maximum Gasteiger partial charge on any atom is 0.310 e. The van der Waals surface area contributed by atoms with Crippen LogP contribution in [0.2, 0.25) is 0 Å². The van der Waals surface area contributed by atoms with Crippen LogP contribution < -0.4 is 9.64 Å². The topological polar surface area (TPSA) is 81.9 Å². The highest BCUT2D eigenvalue weighted by molar-refractivity contribution is 5.74. The van der Waals surface area contributed by atoms with Gasteiger partial charge in [-0.15, -0.1) is 0 Å². The van der Waals surface area contributed by atoms with E-state index in [4.69, 9.17) is 9.47 Å². The monoisotopic (exact) mass is 280 g/mol. The van der Waals surface area contributed by atoms with Gasteiger partial charge in [-0.05, 0) is 6.42 Å². The normalized spacial score (nSPS) is 17.9. The fourth-order valence-electron chi connectivity index (χ4n) is 2.33. The molecular formula is C13H16N2O5. The van der Waals surface area contributed by atoms with Crippen LogP contribution in [-0.4, -0.2) is 38.2 Å². The summed E-state index contributed by atoms with van der Waals surface area (Å²) in [5, 5.41) is 10.9. The molecule has 1 aromatic carbocycles. The summed E-state index contributed by atoms with van der Waals surface area (Å²) in [6.45, 7) is 1.15. The number of anilines is 1. The molecule has 1 aromatic rings. The molecule has 1 heterocycles. The second-order valence-electron chi connectivity index (χ2n) is 4.60. The smallest absolute Gasteiger partial charge is 0.310 e. The van der Waals surface area contributed by atoms with Crippen LogP contribution in [0.3, 0.4) is 0 Å². The number of benzene rings is 1. The summed E-state index contributed by atoms with van der Waals surface area (Å²) in [7, 11) is 2.82. The van der Waals surface area contributed by atoms with E-state index in [0.29, 0.717) is 30.9 Å². The number of nitrogens with zero attached hydrogens (tertiary/aromatic N) is 2. The number of non-ortho nitro benzene ring substituents is 1. The molecule has 1 saturated heterocycles. The zero-order valence-electron chi connectivity index (χ0n) is 11.4. The van der Waals surface area contributed by atoms with Crippen LogP contribution in [-0.2, 0) is 9.53 Å². The fraction of sp³-hybridized carbons (Fsp3) is 0.462. The van der Waals surface area contributed by atoms with E-state index in [0.717, 1.165) is 0 Å². The Hall–Kier alpha value is -2.31. The van der Waals surface area contributed by atoms with Crippen LogP contribution in [0.4, 0.5) is 11.4 Å². The van der Waals surface area contributed by atoms with Gasteiger partial charge in [0.25, 0.3) is 5.69 Å². The van der Waals surface area contributed by atoms with Crippen LogP contribution >= 0.6 is 0 Å². The molecule has 0 bridgehead atoms. The third-order valence-corrected chi connectivity index (χ3v) is 3.41. The third kappa shape index (κ3) is 2.81. The average Bonchev–Trinajstić information content (AvgIpc) is 2.95. The molecule has 2 rings (SSSR count). The van der Waals surface area contributed by atoms with Gasteiger partial charge in [0.05, 0.1) is 31.1 Å². The number of ether oxygens (including phenoxy) is 2. The van der Waals surface area contributed by atoms with E-state index in [-0.39, 0.29) is 17.6 Å². The molecule has 0 aliphatic carbocycles. The Balaban J connectivity index is 2.23. The van der Waals surface area contributed by atoms with E-state index in [2.05, 4.69) is 0 Å². The van der Waals surface area contributed by atoms with Gasteiger partial charge < -0.3 is 14.4 Å². The SMILES string of the molecule is COC(=O)C1CCN(c2cc(OC)cc([N+](=O)[O-])c2)C1. The minimum absolute atomic E-state index is 0.0270. The van der Waals surface area contributed by atoms with Crippen molar-refractivity contribution in [1.82, 2.24) is 0 Å². The van der Waals surface area contributed by atoms with E-state index in [1.165, 1.54) is 26.4 Å². The highest BCUT2D eigenvalue weighted by Crippen LogP contribution is 2.31. The molecule has 0 radical (unpaired) electrons. The lowest BCUT2D eigenvalue weighted by molar-refractivity contribution is -0.384. The number of nitro groups is 1. The van der Waals surface area contributed by atoms with Crippen LogP contribution in [0.25, 0.3) is 0 Å². The van der Waals surface area contributed by atoms with Crippen molar-refractivity contribution < 1.29 is 19.2 Å². The summed E-state index contributed by atoms with van der Waals surface area (Å²) in [5.41, 5.74) is 0.656. The second kappa shape index (κ2) is 5.77. The molecular weight excluding hydrogens is 264 g/mol. The lowest BCUT2D eigenvalue weighted by Gasteiger charge is -2.18. The van der Waals surface area contributed by atoms with Crippen molar-refractivity contribution in [2.45, 2.75) is 6.42 Å². The Morgan fingerprint density at radius 2 is 2.15 bits per heavy atom. The van der Waals surface area contributed by atoms with Crippen LogP contribution in [0.1, 0.15) is 6.42 Å². The summed E-state index contributed by atoms with van der Waals surface area (Å²) < 4.78 is 9.80. The summed E-state index contributed by atoms with van der Waals surface area (Å²) in [6.07, 6.45) is 0.678. The zero-order valence-corrected chi connectivity index (χ0v) is 11.4. The number of carbonyl (C=O) groups excluding carboxylic acids is 1. The number of nitro benzene ring substituents is 1. The highest BCUT2D eigenvalue weighted by atomic mass is 16.6. The minimum atomic E-state index is -0.458. The number of hydrogen-bond donors (Lipinski definition) is 0. The van der Waals surface area contributed by atoms with Gasteiger partial charge in [0.2, 0.25) is 0 Å². The molecule has 0 saturated carbocycles. The molecule has 1 aliphatic heterocycles. The first-order valence-electron chi connectivity index (χ1n) is 6.21. The Labute approximate surface area is 116 Å². The van der Waals surface area contributed by atoms with E-state index >= 15 is 0 Å². The number of hydrogen-bond acceptors (Lipinski definition) is 6. The van der Waals surface area contributed by atoms with Crippen LogP contribution in [0.15, 0.2) is 18.2 Å². The summed E-state index contributed by atoms with van der Waals surface area (Å²) in [6, 6.07) is 4.59. The Kier molecular flexibility index (Phi) is 4.07. The van der Waals surface area contributed by atoms with Gasteiger partial charge in [-0.1, -0.05) is 0 Å². The van der Waals surface area contributed by atoms with Gasteiger partial charge in [-0.3, -0.25) is 14.9 Å². The largest absolute Gasteiger partial charge is 0.496 e. The number of carbonyl (C=O) groups is 1. The predicted molar refractivity (Wildman–Crippen MR) is 72.0 cm³/mol. The molecule has 108 valence electrons. The van der Waals surface area contributed by atoms with Gasteiger partial charge >= 0.3 is 5.97 Å². The fourth-order valence-corrected chi connectivity index (χ4v) is 2.33. The van der Waals surface area contributed by atoms with Gasteiger partial charge in [-0.2, -0.15) is 0 Å². The molecule has 0 aromatic heterocycles. The Morgan fingerprint density at radius 3 is 2.75 bits per heavy atom. The summed E-state index contributed by atoms with van der Waals surface area (Å²) in [4.78, 5) is 23.9. The molecule has 7 heteroatoms. The molecule has 1 atom stereocenters. The second-order valence-corrected chi connectivity index (χ2v) is 4.60. The summed E-state index contributed by atoms with van der Waals surface area (Å²) in [5.74, 6) is -0.00845. The predicted octanol–water partition coefficient (Wildman–Crippen LogP) is 1.60. The molecule has 0 N–H and O–H groups in total. The van der Waals surface area contributed by atoms with Crippen LogP contribution in [0.5, 0.6) is 5.75 Å². The average molecular weight is 280 g/mol. The van der Waals surface area contributed by atoms with Gasteiger partial charge in [0.15, 0.2) is 0 Å². The van der Waals surface area contributed by atoms with Gasteiger partial charge in [0.1, 0.15) is 5.75 Å². The van der Waals surface area contributed by atoms with Crippen molar-refractivity contribution in [3.05, 3.63) is 28.3 Å². The number of esters is 1. The van der Waals surface area contributed by atoms with Crippen molar-refractivity contribution >= 4 is 17.3 Å². The Morgan fingerprint density at radius 1 is 1.40 bits per heavy atom. The van der Waals surface area contributed by atoms with Gasteiger partial charge in [0, 0.05) is 30.9 Å². The van der Waals surface area contributed by atoms with E-state index in [1.807, 2.05) is 4.90 Å². The third-order valence-electron chi connectivity index (χ3n) is 3.41. The van der Waals surface area contributed by atoms with Crippen molar-refractivity contribution in [1.29, 1.82) is 0 Å². The summed E-state index contributed by atoms with van der Waals surface area (Å²) >= 11 is 0. The first-order chi connectivity index (χ1) is 9.55. The van der Waals surface area contributed by atoms with E-state index < -0.39 is 4.92 Å². The molecule has 1 unspecified atom stereocenters. The first-order valence-corrected chi connectivity index (χ1v) is 6.21. The van der Waals surface area contributed by atoms with E-state index in [1.54, 1.807) is 6.07 Å². The lowest BCUT2D eigenvalue weighted by Crippen LogP contribution is -2.23. The minimum Gasteiger partial charge on any atom is -0.496 e. The number of methoxy groups -OCH3 is 2. The van der Waals surface area contributed by atoms with Crippen molar-refractivity contribution in [3.63, 3.8) is 0 Å². The molecule has 1 fully saturated rings. The molecule has 20 heavy (non-hydrogen) atoms. The maximum atomic E-state index is 11.5. The lowest BCUT2D eigenvalue weighted by atomic mass is 10.1. The first kappa shape index (κ1) is 14.1. The van der Waals surface area contributed by atoms with Crippen molar-refractivity contribution in [3.8, 4) is 5.75 Å². The number of rotatable bonds is 4. The highest BCUT2D eigenvalue weighted by Gasteiger charge is 2.30. The van der Waals surface area contributed by atoms with E-state index in [9.17, 15) is 14.9 Å². The zero-order chi connectivity index (χ0) is 14.7. The molecule has 0 amide bonds. The van der Waals surface area contributed by atoms with Gasteiger partial charge in [-0.25, -0.2) is 0 Å². The van der Waals surface area contributed by atoms with Crippen molar-refractivity contribution in [2.24, 2.45) is 5.92 Å². The quantitative estimate of drug-likeness (QED) is 0.473. The Bertz CT molecular complexity index is 531. The standard InChI is InChI=1S/C13H16N2O5/c1-19-12-6-10(5-11(7-12)15(17)18)14-4-3-9(8-14)13(16)20-2/h5-7,9H,3-4,8H2,1-2H3. The van der Waals surface area contributed by atoms with Crippen molar-refractivity contribution in [2.75, 3.05) is 32.2 Å². The molecule has 0 spiro atoms.